The number of amides is 1. The molecule has 5 nitrogen and oxygen atoms in total. The predicted molar refractivity (Wildman–Crippen MR) is 73.8 cm³/mol. The molecule has 0 fully saturated rings. The van der Waals surface area contributed by atoms with Gasteiger partial charge in [0.2, 0.25) is 5.16 Å². The van der Waals surface area contributed by atoms with Crippen molar-refractivity contribution in [2.75, 3.05) is 18.8 Å². The Balaban J connectivity index is 2.76. The van der Waals surface area contributed by atoms with Crippen LogP contribution >= 0.6 is 11.8 Å². The fraction of sp³-hybridized carbons (Fsp3) is 0.583. The molecule has 1 heterocycles. The number of thioether (sulfide) groups is 1. The molecule has 1 aromatic heterocycles. The molecule has 0 saturated heterocycles. The van der Waals surface area contributed by atoms with Crippen LogP contribution in [0.15, 0.2) is 24.1 Å². The molecule has 0 aliphatic carbocycles. The molecule has 1 aromatic rings. The van der Waals surface area contributed by atoms with E-state index in [1.807, 2.05) is 6.92 Å². The van der Waals surface area contributed by atoms with Crippen LogP contribution in [-0.4, -0.2) is 44.5 Å². The lowest BCUT2D eigenvalue weighted by molar-refractivity contribution is 0.195. The Labute approximate surface area is 112 Å². The van der Waals surface area contributed by atoms with Crippen LogP contribution < -0.4 is 0 Å². The van der Waals surface area contributed by atoms with E-state index in [0.717, 1.165) is 5.75 Å². The molecular weight excluding hydrogens is 248 g/mol. The lowest BCUT2D eigenvalue weighted by atomic mass is 10.2. The summed E-state index contributed by atoms with van der Waals surface area (Å²) in [6, 6.07) is -0.154. The third kappa shape index (κ3) is 4.18. The third-order valence-corrected chi connectivity index (χ3v) is 2.88. The van der Waals surface area contributed by atoms with E-state index < -0.39 is 0 Å². The molecule has 0 saturated carbocycles. The van der Waals surface area contributed by atoms with Crippen molar-refractivity contribution >= 4 is 17.8 Å². The Morgan fingerprint density at radius 2 is 2.39 bits per heavy atom. The van der Waals surface area contributed by atoms with Gasteiger partial charge in [0, 0.05) is 13.1 Å². The first-order chi connectivity index (χ1) is 8.58. The van der Waals surface area contributed by atoms with Gasteiger partial charge in [-0.3, -0.25) is 0 Å². The average Bonchev–Trinajstić information content (AvgIpc) is 2.76. The largest absolute Gasteiger partial charge is 0.346 e. The Bertz CT molecular complexity index is 403. The minimum atomic E-state index is -0.154. The van der Waals surface area contributed by atoms with Crippen LogP contribution in [0.25, 0.3) is 0 Å². The van der Waals surface area contributed by atoms with Crippen LogP contribution in [-0.2, 0) is 0 Å². The smallest absolute Gasteiger partial charge is 0.319 e. The summed E-state index contributed by atoms with van der Waals surface area (Å²) in [6.45, 7) is 11.0. The van der Waals surface area contributed by atoms with Gasteiger partial charge >= 0.3 is 6.03 Å². The van der Waals surface area contributed by atoms with Gasteiger partial charge in [0.1, 0.15) is 6.33 Å². The Hall–Kier alpha value is -1.30. The normalized spacial score (nSPS) is 10.7. The maximum absolute atomic E-state index is 12.2. The van der Waals surface area contributed by atoms with E-state index in [-0.39, 0.29) is 6.03 Å². The second-order valence-corrected chi connectivity index (χ2v) is 5.51. The first-order valence-corrected chi connectivity index (χ1v) is 7.01. The molecule has 0 radical (unpaired) electrons. The molecule has 1 rings (SSSR count). The second-order valence-electron chi connectivity index (χ2n) is 4.27. The van der Waals surface area contributed by atoms with Crippen molar-refractivity contribution in [3.63, 3.8) is 0 Å². The van der Waals surface area contributed by atoms with Crippen molar-refractivity contribution in [3.8, 4) is 0 Å². The quantitative estimate of drug-likeness (QED) is 0.587. The van der Waals surface area contributed by atoms with Crippen molar-refractivity contribution in [1.82, 2.24) is 19.7 Å². The zero-order valence-corrected chi connectivity index (χ0v) is 12.0. The van der Waals surface area contributed by atoms with Crippen LogP contribution in [0.3, 0.4) is 0 Å². The number of hydrogen-bond donors (Lipinski definition) is 0. The Kier molecular flexibility index (Phi) is 5.91. The number of rotatable bonds is 6. The summed E-state index contributed by atoms with van der Waals surface area (Å²) < 4.78 is 1.30. The number of nitrogens with zero attached hydrogens (tertiary/aromatic N) is 4. The molecule has 0 aliphatic heterocycles. The van der Waals surface area contributed by atoms with Crippen LogP contribution in [0.5, 0.6) is 0 Å². The van der Waals surface area contributed by atoms with E-state index in [2.05, 4.69) is 30.5 Å². The highest BCUT2D eigenvalue weighted by atomic mass is 32.2. The van der Waals surface area contributed by atoms with Gasteiger partial charge in [0.15, 0.2) is 0 Å². The summed E-state index contributed by atoms with van der Waals surface area (Å²) in [4.78, 5) is 18.0. The van der Waals surface area contributed by atoms with Crippen LogP contribution in [0.2, 0.25) is 0 Å². The maximum Gasteiger partial charge on any atom is 0.346 e. The van der Waals surface area contributed by atoms with Crippen LogP contribution in [0.1, 0.15) is 20.8 Å². The van der Waals surface area contributed by atoms with Gasteiger partial charge in [0.05, 0.1) is 0 Å². The van der Waals surface area contributed by atoms with Gasteiger partial charge in [0.25, 0.3) is 0 Å². The third-order valence-electron chi connectivity index (χ3n) is 2.15. The van der Waals surface area contributed by atoms with E-state index in [4.69, 9.17) is 0 Å². The zero-order valence-electron chi connectivity index (χ0n) is 11.2. The van der Waals surface area contributed by atoms with E-state index in [0.29, 0.717) is 24.2 Å². The molecule has 0 N–H and O–H groups in total. The standard InChI is InChI=1S/C12H20N4OS/c1-5-7-15(8-10(3)4)12(17)16-9-13-11(14-16)18-6-2/h5,9-10H,1,6-8H2,2-4H3. The maximum atomic E-state index is 12.2. The van der Waals surface area contributed by atoms with Crippen molar-refractivity contribution in [2.24, 2.45) is 5.92 Å². The summed E-state index contributed by atoms with van der Waals surface area (Å²) in [5, 5.41) is 4.79. The average molecular weight is 268 g/mol. The van der Waals surface area contributed by atoms with Crippen LogP contribution in [0, 0.1) is 5.92 Å². The topological polar surface area (TPSA) is 51.0 Å². The van der Waals surface area contributed by atoms with Gasteiger partial charge in [-0.25, -0.2) is 9.78 Å². The Morgan fingerprint density at radius 3 is 2.94 bits per heavy atom. The van der Waals surface area contributed by atoms with Crippen molar-refractivity contribution in [2.45, 2.75) is 25.9 Å². The number of aromatic nitrogens is 3. The van der Waals surface area contributed by atoms with Gasteiger partial charge in [-0.2, -0.15) is 4.68 Å². The van der Waals surface area contributed by atoms with E-state index in [9.17, 15) is 4.79 Å². The lowest BCUT2D eigenvalue weighted by Crippen LogP contribution is -2.37. The van der Waals surface area contributed by atoms with Gasteiger partial charge in [-0.1, -0.05) is 38.6 Å². The fourth-order valence-electron chi connectivity index (χ4n) is 1.51. The summed E-state index contributed by atoms with van der Waals surface area (Å²) in [6.07, 6.45) is 3.19. The molecule has 100 valence electrons. The highest BCUT2D eigenvalue weighted by Gasteiger charge is 2.17. The fourth-order valence-corrected chi connectivity index (χ4v) is 2.03. The Morgan fingerprint density at radius 1 is 1.67 bits per heavy atom. The zero-order chi connectivity index (χ0) is 13.5. The van der Waals surface area contributed by atoms with Crippen molar-refractivity contribution in [3.05, 3.63) is 19.0 Å². The number of hydrogen-bond acceptors (Lipinski definition) is 4. The second kappa shape index (κ2) is 7.20. The minimum absolute atomic E-state index is 0.154. The van der Waals surface area contributed by atoms with Crippen molar-refractivity contribution in [1.29, 1.82) is 0 Å². The number of carbonyl (C=O) groups is 1. The molecule has 18 heavy (non-hydrogen) atoms. The van der Waals surface area contributed by atoms with Gasteiger partial charge in [-0.05, 0) is 11.7 Å². The molecule has 0 aliphatic rings. The molecular formula is C12H20N4OS. The molecule has 0 aromatic carbocycles. The minimum Gasteiger partial charge on any atom is -0.319 e. The lowest BCUT2D eigenvalue weighted by Gasteiger charge is -2.22. The first kappa shape index (κ1) is 14.8. The van der Waals surface area contributed by atoms with E-state index >= 15 is 0 Å². The SMILES string of the molecule is C=CCN(CC(C)C)C(=O)n1cnc(SCC)n1. The summed E-state index contributed by atoms with van der Waals surface area (Å²) >= 11 is 1.52. The first-order valence-electron chi connectivity index (χ1n) is 6.03. The summed E-state index contributed by atoms with van der Waals surface area (Å²) in [7, 11) is 0. The van der Waals surface area contributed by atoms with Crippen molar-refractivity contribution < 1.29 is 4.79 Å². The summed E-state index contributed by atoms with van der Waals surface area (Å²) in [5.41, 5.74) is 0. The number of carbonyl (C=O) groups excluding carboxylic acids is 1. The highest BCUT2D eigenvalue weighted by Crippen LogP contribution is 2.11. The van der Waals surface area contributed by atoms with Crippen LogP contribution in [0.4, 0.5) is 4.79 Å². The molecule has 6 heteroatoms. The van der Waals surface area contributed by atoms with Gasteiger partial charge in [-0.15, -0.1) is 11.7 Å². The molecule has 0 atom stereocenters. The summed E-state index contributed by atoms with van der Waals surface area (Å²) in [5.74, 6) is 1.29. The molecule has 0 spiro atoms. The molecule has 0 bridgehead atoms. The van der Waals surface area contributed by atoms with Gasteiger partial charge < -0.3 is 4.90 Å². The highest BCUT2D eigenvalue weighted by molar-refractivity contribution is 7.99. The molecule has 1 amide bonds. The monoisotopic (exact) mass is 268 g/mol. The van der Waals surface area contributed by atoms with E-state index in [1.54, 1.807) is 11.0 Å². The molecule has 0 unspecified atom stereocenters. The predicted octanol–water partition coefficient (Wildman–Crippen LogP) is 2.50. The van der Waals surface area contributed by atoms with E-state index in [1.165, 1.54) is 22.8 Å².